The average molecular weight is 503 g/mol. The molecule has 0 fully saturated rings. The molecule has 190 valence electrons. The summed E-state index contributed by atoms with van der Waals surface area (Å²) in [6.07, 6.45) is 0.620. The number of amides is 1. The van der Waals surface area contributed by atoms with Gasteiger partial charge in [-0.25, -0.2) is 4.98 Å². The van der Waals surface area contributed by atoms with Crippen LogP contribution in [0.5, 0.6) is 0 Å². The molecule has 0 aliphatic rings. The lowest BCUT2D eigenvalue weighted by molar-refractivity contribution is 0.0994. The standard InChI is InChI=1S/C32H30N4O2/c1-19-20(2)22(4)27(23(5)21(19)3)18-26-16-17-28(38-26)31(37)34-32-33-29(24-12-8-6-9-13-24)30(35-36-32)25-14-10-7-11-15-25/h6-17H,18H2,1-5H3,(H,33,34,36,37). The van der Waals surface area contributed by atoms with Gasteiger partial charge in [-0.2, -0.15) is 0 Å². The molecule has 6 nitrogen and oxygen atoms in total. The molecule has 5 aromatic rings. The van der Waals surface area contributed by atoms with Crippen LogP contribution in [0.25, 0.3) is 22.5 Å². The van der Waals surface area contributed by atoms with Gasteiger partial charge in [0.25, 0.3) is 5.91 Å². The summed E-state index contributed by atoms with van der Waals surface area (Å²) in [5.74, 6) is 0.623. The van der Waals surface area contributed by atoms with E-state index in [2.05, 4.69) is 55.1 Å². The molecule has 0 unspecified atom stereocenters. The Labute approximate surface area is 222 Å². The number of furan rings is 1. The highest BCUT2D eigenvalue weighted by Crippen LogP contribution is 2.30. The molecule has 0 radical (unpaired) electrons. The van der Waals surface area contributed by atoms with E-state index in [1.807, 2.05) is 66.7 Å². The molecule has 0 saturated carbocycles. The van der Waals surface area contributed by atoms with E-state index in [4.69, 9.17) is 4.42 Å². The Morgan fingerprint density at radius 3 is 1.84 bits per heavy atom. The van der Waals surface area contributed by atoms with Gasteiger partial charge in [-0.15, -0.1) is 10.2 Å². The number of rotatable bonds is 6. The van der Waals surface area contributed by atoms with Crippen LogP contribution < -0.4 is 5.32 Å². The topological polar surface area (TPSA) is 80.9 Å². The zero-order valence-corrected chi connectivity index (χ0v) is 22.3. The van der Waals surface area contributed by atoms with Crippen molar-refractivity contribution in [3.8, 4) is 22.5 Å². The number of nitrogens with one attached hydrogen (secondary N) is 1. The van der Waals surface area contributed by atoms with Gasteiger partial charge in [0.05, 0.1) is 0 Å². The first-order chi connectivity index (χ1) is 18.3. The highest BCUT2D eigenvalue weighted by atomic mass is 16.3. The van der Waals surface area contributed by atoms with Gasteiger partial charge in [-0.1, -0.05) is 60.7 Å². The predicted octanol–water partition coefficient (Wildman–Crippen LogP) is 7.18. The number of hydrogen-bond donors (Lipinski definition) is 1. The molecule has 38 heavy (non-hydrogen) atoms. The normalized spacial score (nSPS) is 11.0. The summed E-state index contributed by atoms with van der Waals surface area (Å²) in [4.78, 5) is 17.7. The van der Waals surface area contributed by atoms with Crippen LogP contribution in [-0.2, 0) is 6.42 Å². The number of benzene rings is 3. The minimum Gasteiger partial charge on any atom is -0.456 e. The molecule has 3 aromatic carbocycles. The number of aromatic nitrogens is 3. The van der Waals surface area contributed by atoms with Gasteiger partial charge in [0.2, 0.25) is 5.95 Å². The maximum Gasteiger partial charge on any atom is 0.293 e. The van der Waals surface area contributed by atoms with Gasteiger partial charge in [0, 0.05) is 17.5 Å². The fraction of sp³-hybridized carbons (Fsp3) is 0.188. The summed E-state index contributed by atoms with van der Waals surface area (Å²) < 4.78 is 5.96. The van der Waals surface area contributed by atoms with Crippen molar-refractivity contribution < 1.29 is 9.21 Å². The minimum absolute atomic E-state index is 0.114. The van der Waals surface area contributed by atoms with Crippen LogP contribution in [0.3, 0.4) is 0 Å². The second kappa shape index (κ2) is 10.4. The SMILES string of the molecule is Cc1c(C)c(C)c(Cc2ccc(C(=O)Nc3nnc(-c4ccccc4)c(-c4ccccc4)n3)o2)c(C)c1C. The molecule has 0 saturated heterocycles. The molecule has 1 N–H and O–H groups in total. The highest BCUT2D eigenvalue weighted by molar-refractivity contribution is 6.01. The third-order valence-electron chi connectivity index (χ3n) is 7.40. The summed E-state index contributed by atoms with van der Waals surface area (Å²) in [5.41, 5.74) is 10.7. The van der Waals surface area contributed by atoms with Crippen molar-refractivity contribution in [2.45, 2.75) is 41.0 Å². The van der Waals surface area contributed by atoms with Gasteiger partial charge in [-0.3, -0.25) is 10.1 Å². The zero-order valence-electron chi connectivity index (χ0n) is 22.3. The van der Waals surface area contributed by atoms with Crippen LogP contribution in [0.2, 0.25) is 0 Å². The Morgan fingerprint density at radius 1 is 0.684 bits per heavy atom. The summed E-state index contributed by atoms with van der Waals surface area (Å²) in [6.45, 7) is 10.8. The van der Waals surface area contributed by atoms with Crippen LogP contribution in [-0.4, -0.2) is 21.1 Å². The fourth-order valence-electron chi connectivity index (χ4n) is 4.74. The molecule has 0 spiro atoms. The van der Waals surface area contributed by atoms with E-state index in [9.17, 15) is 4.79 Å². The van der Waals surface area contributed by atoms with Crippen molar-refractivity contribution in [1.29, 1.82) is 0 Å². The maximum atomic E-state index is 13.1. The summed E-state index contributed by atoms with van der Waals surface area (Å²) in [5, 5.41) is 11.4. The van der Waals surface area contributed by atoms with Gasteiger partial charge >= 0.3 is 0 Å². The van der Waals surface area contributed by atoms with Crippen LogP contribution in [0.1, 0.15) is 49.7 Å². The quantitative estimate of drug-likeness (QED) is 0.266. The third-order valence-corrected chi connectivity index (χ3v) is 7.40. The second-order valence-electron chi connectivity index (χ2n) is 9.57. The van der Waals surface area contributed by atoms with Crippen LogP contribution >= 0.6 is 0 Å². The molecular formula is C32H30N4O2. The third kappa shape index (κ3) is 4.85. The molecular weight excluding hydrogens is 472 g/mol. The Kier molecular flexibility index (Phi) is 6.88. The predicted molar refractivity (Wildman–Crippen MR) is 150 cm³/mol. The second-order valence-corrected chi connectivity index (χ2v) is 9.57. The lowest BCUT2D eigenvalue weighted by atomic mass is 9.88. The molecule has 2 aromatic heterocycles. The van der Waals surface area contributed by atoms with Gasteiger partial charge in [-0.05, 0) is 80.1 Å². The first-order valence-corrected chi connectivity index (χ1v) is 12.6. The van der Waals surface area contributed by atoms with Crippen LogP contribution in [0.15, 0.2) is 77.2 Å². The molecule has 0 bridgehead atoms. The maximum absolute atomic E-state index is 13.1. The van der Waals surface area contributed by atoms with E-state index in [-0.39, 0.29) is 11.7 Å². The zero-order chi connectivity index (χ0) is 26.8. The summed E-state index contributed by atoms with van der Waals surface area (Å²) in [6, 6.07) is 23.0. The van der Waals surface area contributed by atoms with E-state index < -0.39 is 5.91 Å². The van der Waals surface area contributed by atoms with Gasteiger partial charge in [0.1, 0.15) is 17.1 Å². The molecule has 6 heteroatoms. The highest BCUT2D eigenvalue weighted by Gasteiger charge is 2.19. The number of carbonyl (C=O) groups is 1. The molecule has 0 aliphatic carbocycles. The number of nitrogens with zero attached hydrogens (tertiary/aromatic N) is 3. The number of carbonyl (C=O) groups excluding carboxylic acids is 1. The lowest BCUT2D eigenvalue weighted by Crippen LogP contribution is -2.15. The van der Waals surface area contributed by atoms with Gasteiger partial charge in [0.15, 0.2) is 5.76 Å². The van der Waals surface area contributed by atoms with E-state index in [1.54, 1.807) is 6.07 Å². The lowest BCUT2D eigenvalue weighted by Gasteiger charge is -2.18. The van der Waals surface area contributed by atoms with Crippen molar-refractivity contribution >= 4 is 11.9 Å². The fourth-order valence-corrected chi connectivity index (χ4v) is 4.74. The van der Waals surface area contributed by atoms with Crippen molar-refractivity contribution in [3.05, 3.63) is 118 Å². The van der Waals surface area contributed by atoms with Crippen LogP contribution in [0, 0.1) is 34.6 Å². The summed E-state index contributed by atoms with van der Waals surface area (Å²) in [7, 11) is 0. The van der Waals surface area contributed by atoms with E-state index in [1.165, 1.54) is 33.4 Å². The Bertz CT molecular complexity index is 1590. The van der Waals surface area contributed by atoms with Crippen molar-refractivity contribution in [2.75, 3.05) is 5.32 Å². The molecule has 5 rings (SSSR count). The molecule has 1 amide bonds. The Hall–Kier alpha value is -4.58. The smallest absolute Gasteiger partial charge is 0.293 e. The molecule has 0 aliphatic heterocycles. The van der Waals surface area contributed by atoms with E-state index >= 15 is 0 Å². The minimum atomic E-state index is -0.422. The van der Waals surface area contributed by atoms with Crippen molar-refractivity contribution in [1.82, 2.24) is 15.2 Å². The summed E-state index contributed by atoms with van der Waals surface area (Å²) >= 11 is 0. The average Bonchev–Trinajstić information content (AvgIpc) is 3.43. The van der Waals surface area contributed by atoms with Crippen molar-refractivity contribution in [2.24, 2.45) is 0 Å². The Morgan fingerprint density at radius 2 is 1.24 bits per heavy atom. The first-order valence-electron chi connectivity index (χ1n) is 12.6. The largest absolute Gasteiger partial charge is 0.456 e. The Balaban J connectivity index is 1.41. The monoisotopic (exact) mass is 502 g/mol. The van der Waals surface area contributed by atoms with E-state index in [0.717, 1.165) is 16.9 Å². The van der Waals surface area contributed by atoms with Gasteiger partial charge < -0.3 is 4.42 Å². The molecule has 0 atom stereocenters. The number of hydrogen-bond acceptors (Lipinski definition) is 5. The number of anilines is 1. The van der Waals surface area contributed by atoms with Crippen molar-refractivity contribution in [3.63, 3.8) is 0 Å². The molecule has 2 heterocycles. The first kappa shape index (κ1) is 25.1. The van der Waals surface area contributed by atoms with Crippen LogP contribution in [0.4, 0.5) is 5.95 Å². The van der Waals surface area contributed by atoms with E-state index in [0.29, 0.717) is 17.8 Å².